The number of amidine groups is 1. The quantitative estimate of drug-likeness (QED) is 0.0341. The van der Waals surface area contributed by atoms with E-state index in [0.717, 1.165) is 17.5 Å². The summed E-state index contributed by atoms with van der Waals surface area (Å²) in [5.41, 5.74) is 10.6. The molecule has 2 aliphatic heterocycles. The Hall–Kier alpha value is -7.62. The van der Waals surface area contributed by atoms with Crippen molar-refractivity contribution >= 4 is 64.9 Å². The van der Waals surface area contributed by atoms with Crippen LogP contribution in [-0.4, -0.2) is 242 Å². The topological polar surface area (TPSA) is 369 Å². The SMILES string of the molecule is CCCN(OCC)C(=O)C1=Cc2ccc(-c3cnc(CNC(=O)OCc4ccc(NC(=O)[C@@H](NC(=O)[C@@H]5CCCN5C(=O)[C@H](C)NC(=O)CCOCCOCCOCCOCCOCCOCCOCCOCCOCCOCCC(=O)O)C(C)C)cc4)nc3)cc2N=C(N)C1. The molecule has 3 heterocycles. The predicted molar refractivity (Wildman–Crippen MR) is 351 cm³/mol. The highest BCUT2D eigenvalue weighted by molar-refractivity contribution is 6.05. The Bertz CT molecular complexity index is 2880. The van der Waals surface area contributed by atoms with Crippen molar-refractivity contribution in [1.29, 1.82) is 0 Å². The molecule has 2 aliphatic rings. The molecule has 30 heteroatoms. The van der Waals surface area contributed by atoms with Crippen molar-refractivity contribution < 1.29 is 95.6 Å². The number of aliphatic imine (C=N–C) groups is 1. The molecule has 0 aliphatic carbocycles. The van der Waals surface area contributed by atoms with E-state index >= 15 is 0 Å². The first-order valence-electron chi connectivity index (χ1n) is 32.7. The fourth-order valence-electron chi connectivity index (χ4n) is 9.42. The number of ether oxygens (including phenoxy) is 11. The van der Waals surface area contributed by atoms with Gasteiger partial charge in [-0.25, -0.2) is 24.8 Å². The Morgan fingerprint density at radius 3 is 1.72 bits per heavy atom. The van der Waals surface area contributed by atoms with E-state index in [1.54, 1.807) is 63.5 Å². The van der Waals surface area contributed by atoms with Gasteiger partial charge in [0.15, 0.2) is 0 Å². The Labute approximate surface area is 561 Å². The number of hydrogen-bond donors (Lipinski definition) is 6. The predicted octanol–water partition coefficient (Wildman–Crippen LogP) is 4.14. The molecule has 1 aromatic heterocycles. The number of aliphatic carboxylic acids is 1. The third kappa shape index (κ3) is 31.1. The lowest BCUT2D eigenvalue weighted by Gasteiger charge is -2.29. The average Bonchev–Trinajstić information content (AvgIpc) is 1.56. The first-order chi connectivity index (χ1) is 46.6. The highest BCUT2D eigenvalue weighted by atomic mass is 16.7. The summed E-state index contributed by atoms with van der Waals surface area (Å²) in [6.07, 6.45) is 6.21. The number of rotatable bonds is 50. The molecule has 2 aromatic carbocycles. The van der Waals surface area contributed by atoms with Gasteiger partial charge in [0, 0.05) is 60.7 Å². The van der Waals surface area contributed by atoms with E-state index in [1.807, 2.05) is 32.0 Å². The number of carbonyl (C=O) groups excluding carboxylic acids is 6. The van der Waals surface area contributed by atoms with Gasteiger partial charge in [-0.05, 0) is 74.4 Å². The average molecular weight is 1350 g/mol. The summed E-state index contributed by atoms with van der Waals surface area (Å²) in [4.78, 5) is 110. The maximum atomic E-state index is 13.7. The van der Waals surface area contributed by atoms with Crippen LogP contribution < -0.4 is 27.0 Å². The minimum absolute atomic E-state index is 0.000203. The first kappa shape index (κ1) is 79.1. The number of anilines is 1. The summed E-state index contributed by atoms with van der Waals surface area (Å²) in [6.45, 7) is 17.4. The van der Waals surface area contributed by atoms with Crippen molar-refractivity contribution in [1.82, 2.24) is 35.9 Å². The minimum atomic E-state index is -0.937. The number of alkyl carbamates (subject to hydrolysis) is 1. The van der Waals surface area contributed by atoms with Crippen LogP contribution in [-0.2, 0) is 98.9 Å². The molecule has 3 aromatic rings. The van der Waals surface area contributed by atoms with Gasteiger partial charge < -0.3 is 89.1 Å². The Morgan fingerprint density at radius 1 is 0.677 bits per heavy atom. The van der Waals surface area contributed by atoms with Crippen LogP contribution >= 0.6 is 0 Å². The third-order valence-electron chi connectivity index (χ3n) is 14.3. The molecular formula is C66H98N10O20. The number of amides is 6. The van der Waals surface area contributed by atoms with Crippen molar-refractivity contribution in [2.75, 3.05) is 157 Å². The fraction of sp³-hybridized carbons (Fsp3) is 0.606. The van der Waals surface area contributed by atoms with Crippen molar-refractivity contribution in [3.05, 3.63) is 77.4 Å². The Morgan fingerprint density at radius 2 is 1.21 bits per heavy atom. The molecule has 3 atom stereocenters. The normalized spacial score (nSPS) is 14.2. The molecule has 532 valence electrons. The standard InChI is InChI=1S/C66H98N10O20/c1-6-18-76(96-7-2)65(83)52-40-51-13-12-50(41-55(51)73-57(67)42-52)53-43-68-58(69-44-53)45-70-66(84)95-46-49-10-14-54(15-11-49)72-63(81)61(47(3)4)74-62(80)56-9-8-19-75(56)64(82)48(5)71-59(77)16-20-85-22-24-87-26-28-89-30-32-91-34-36-93-38-39-94-37-35-92-33-31-90-29-27-88-25-23-86-21-17-60(78)79/h10-15,40-41,43-44,47-48,56,61H,6-9,16-39,42,45-46H2,1-5H3,(H2,67,73)(H,70,84)(H,71,77)(H,72,81)(H,74,80)(H,78,79)/t48-,56-,61-/m0/s1. The summed E-state index contributed by atoms with van der Waals surface area (Å²) in [7, 11) is 0. The largest absolute Gasteiger partial charge is 0.481 e. The zero-order valence-electron chi connectivity index (χ0n) is 56.0. The van der Waals surface area contributed by atoms with Crippen molar-refractivity contribution in [2.24, 2.45) is 16.6 Å². The molecule has 1 saturated heterocycles. The van der Waals surface area contributed by atoms with Crippen LogP contribution in [0, 0.1) is 5.92 Å². The third-order valence-corrected chi connectivity index (χ3v) is 14.3. The van der Waals surface area contributed by atoms with E-state index in [2.05, 4.69) is 36.2 Å². The highest BCUT2D eigenvalue weighted by Crippen LogP contribution is 2.32. The number of nitrogens with one attached hydrogen (secondary N) is 4. The fourth-order valence-corrected chi connectivity index (χ4v) is 9.42. The second kappa shape index (κ2) is 46.5. The van der Waals surface area contributed by atoms with Gasteiger partial charge in [0.1, 0.15) is 36.4 Å². The van der Waals surface area contributed by atoms with E-state index < -0.39 is 47.9 Å². The Balaban J connectivity index is 0.859. The lowest BCUT2D eigenvalue weighted by atomic mass is 10.0. The molecule has 0 unspecified atom stereocenters. The number of benzene rings is 2. The summed E-state index contributed by atoms with van der Waals surface area (Å²) in [6, 6.07) is 9.60. The zero-order chi connectivity index (χ0) is 69.1. The highest BCUT2D eigenvalue weighted by Gasteiger charge is 2.38. The molecule has 0 bridgehead atoms. The number of hydrogen-bond acceptors (Lipinski definition) is 23. The van der Waals surface area contributed by atoms with Crippen molar-refractivity contribution in [3.8, 4) is 11.1 Å². The smallest absolute Gasteiger partial charge is 0.407 e. The van der Waals surface area contributed by atoms with E-state index in [-0.39, 0.29) is 70.0 Å². The second-order valence-corrected chi connectivity index (χ2v) is 22.3. The lowest BCUT2D eigenvalue weighted by molar-refractivity contribution is -0.180. The van der Waals surface area contributed by atoms with Crippen LogP contribution in [0.25, 0.3) is 17.2 Å². The van der Waals surface area contributed by atoms with Crippen LogP contribution in [0.4, 0.5) is 16.2 Å². The van der Waals surface area contributed by atoms with Gasteiger partial charge in [0.05, 0.1) is 157 Å². The maximum Gasteiger partial charge on any atom is 0.407 e. The van der Waals surface area contributed by atoms with Crippen molar-refractivity contribution in [3.63, 3.8) is 0 Å². The lowest BCUT2D eigenvalue weighted by Crippen LogP contribution is -2.56. The number of carbonyl (C=O) groups is 7. The molecular weight excluding hydrogens is 1250 g/mol. The molecule has 1 fully saturated rings. The number of carboxylic acid groups (broad SMARTS) is 1. The molecule has 0 spiro atoms. The van der Waals surface area contributed by atoms with Gasteiger partial charge in [-0.1, -0.05) is 45.0 Å². The zero-order valence-corrected chi connectivity index (χ0v) is 56.0. The molecule has 30 nitrogen and oxygen atoms in total. The van der Waals surface area contributed by atoms with Gasteiger partial charge in [-0.2, -0.15) is 0 Å². The molecule has 0 saturated carbocycles. The van der Waals surface area contributed by atoms with E-state index in [9.17, 15) is 33.6 Å². The molecule has 96 heavy (non-hydrogen) atoms. The number of nitrogens with two attached hydrogens (primary N) is 1. The summed E-state index contributed by atoms with van der Waals surface area (Å²) in [5, 5.41) is 21.0. The van der Waals surface area contributed by atoms with E-state index in [0.29, 0.717) is 185 Å². The molecule has 7 N–H and O–H groups in total. The van der Waals surface area contributed by atoms with Gasteiger partial charge in [-0.3, -0.25) is 33.6 Å². The van der Waals surface area contributed by atoms with Crippen LogP contribution in [0.15, 0.2) is 65.4 Å². The second-order valence-electron chi connectivity index (χ2n) is 22.3. The number of fused-ring (bicyclic) bond motifs is 1. The summed E-state index contributed by atoms with van der Waals surface area (Å²) in [5.74, 6) is -2.56. The van der Waals surface area contributed by atoms with Crippen molar-refractivity contribution in [2.45, 2.75) is 104 Å². The molecule has 6 amide bonds. The van der Waals surface area contributed by atoms with Crippen LogP contribution in [0.1, 0.15) is 90.1 Å². The molecule has 5 rings (SSSR count). The number of aromatic nitrogens is 2. The van der Waals surface area contributed by atoms with Gasteiger partial charge in [-0.15, -0.1) is 0 Å². The number of hydroxylamine groups is 2. The number of likely N-dealkylation sites (tertiary alicyclic amines) is 1. The van der Waals surface area contributed by atoms with Gasteiger partial charge >= 0.3 is 12.1 Å². The van der Waals surface area contributed by atoms with Gasteiger partial charge in [0.2, 0.25) is 23.6 Å². The van der Waals surface area contributed by atoms with Crippen LogP contribution in [0.3, 0.4) is 0 Å². The minimum Gasteiger partial charge on any atom is -0.481 e. The monoisotopic (exact) mass is 1350 g/mol. The van der Waals surface area contributed by atoms with Crippen LogP contribution in [0.2, 0.25) is 0 Å². The first-order valence-corrected chi connectivity index (χ1v) is 32.7. The number of nitrogens with zero attached hydrogens (tertiary/aromatic N) is 5. The Kier molecular flexibility index (Phi) is 38.3. The van der Waals surface area contributed by atoms with E-state index in [1.165, 1.54) is 9.96 Å². The molecule has 0 radical (unpaired) electrons. The summed E-state index contributed by atoms with van der Waals surface area (Å²) >= 11 is 0. The van der Waals surface area contributed by atoms with E-state index in [4.69, 9.17) is 67.8 Å². The van der Waals surface area contributed by atoms with Crippen LogP contribution in [0.5, 0.6) is 0 Å². The summed E-state index contributed by atoms with van der Waals surface area (Å²) < 4.78 is 59.9. The maximum absolute atomic E-state index is 13.7. The van der Waals surface area contributed by atoms with Gasteiger partial charge in [0.25, 0.3) is 5.91 Å². The number of carboxylic acids is 1.